The molecule has 0 atom stereocenters. The number of nitrogens with zero attached hydrogens (tertiary/aromatic N) is 8. The van der Waals surface area contributed by atoms with E-state index in [9.17, 15) is 0 Å². The fourth-order valence-corrected chi connectivity index (χ4v) is 3.81. The summed E-state index contributed by atoms with van der Waals surface area (Å²) in [6.07, 6.45) is 10.6. The van der Waals surface area contributed by atoms with E-state index in [0.29, 0.717) is 22.8 Å². The molecule has 4 aliphatic rings. The second kappa shape index (κ2) is 41.0. The van der Waals surface area contributed by atoms with Crippen molar-refractivity contribution in [1.82, 2.24) is 0 Å². The normalized spacial score (nSPS) is 20.0. The van der Waals surface area contributed by atoms with Gasteiger partial charge in [-0.2, -0.15) is 0 Å². The first-order valence-corrected chi connectivity index (χ1v) is 20.8. The fourth-order valence-electron chi connectivity index (χ4n) is 3.81. The number of oxime groups is 4. The minimum atomic E-state index is -0.226. The van der Waals surface area contributed by atoms with Gasteiger partial charge in [0.2, 0.25) is 0 Å². The fraction of sp³-hybridized carbons (Fsp3) is 0.875. The molecule has 4 aliphatic heterocycles. The molecule has 291 valence electrons. The van der Waals surface area contributed by atoms with E-state index in [1.165, 1.54) is 79.1 Å². The Morgan fingerprint density at radius 2 is 0.562 bits per heavy atom. The van der Waals surface area contributed by atoms with Crippen LogP contribution < -0.4 is 0 Å². The summed E-state index contributed by atoms with van der Waals surface area (Å²) in [4.78, 5) is 0. The molecular formula is C32H64Cl2N8O4PtRh-2. The van der Waals surface area contributed by atoms with Gasteiger partial charge < -0.3 is 42.1 Å². The van der Waals surface area contributed by atoms with Crippen LogP contribution in [0.1, 0.15) is 107 Å². The van der Waals surface area contributed by atoms with Crippen molar-refractivity contribution in [3.63, 3.8) is 0 Å². The Morgan fingerprint density at radius 3 is 0.625 bits per heavy atom. The Kier molecular flexibility index (Phi) is 46.5. The molecule has 0 aromatic heterocycles. The molecule has 48 heavy (non-hydrogen) atoms. The monoisotopic (exact) mass is 992 g/mol. The molecule has 0 bridgehead atoms. The zero-order chi connectivity index (χ0) is 36.3. The smallest absolute Gasteiger partial charge is 2.00 e. The molecular weight excluding hydrogens is 929 g/mol. The number of halogens is 2. The molecule has 0 amide bonds. The molecule has 0 aromatic carbocycles. The quantitative estimate of drug-likeness (QED) is 0.0929. The molecule has 0 aromatic rings. The average Bonchev–Trinajstić information content (AvgIpc) is 3.10. The van der Waals surface area contributed by atoms with Crippen LogP contribution in [0.3, 0.4) is 0 Å². The zero-order valence-electron chi connectivity index (χ0n) is 30.4. The van der Waals surface area contributed by atoms with E-state index < -0.39 is 0 Å². The summed E-state index contributed by atoms with van der Waals surface area (Å²) in [6.45, 7) is 24.2. The maximum Gasteiger partial charge on any atom is 2.00 e. The van der Waals surface area contributed by atoms with Gasteiger partial charge >= 0.3 is 55.6 Å². The third-order valence-electron chi connectivity index (χ3n) is 7.89. The van der Waals surface area contributed by atoms with E-state index in [2.05, 4.69) is 69.6 Å². The van der Waals surface area contributed by atoms with Crippen LogP contribution >= 0.6 is 19.4 Å². The molecule has 4 N–H and O–H groups in total. The van der Waals surface area contributed by atoms with Gasteiger partial charge in [0.25, 0.3) is 0 Å². The molecule has 12 nitrogen and oxygen atoms in total. The van der Waals surface area contributed by atoms with E-state index in [4.69, 9.17) is 40.2 Å². The molecule has 4 heterocycles. The van der Waals surface area contributed by atoms with Crippen LogP contribution in [0.15, 0.2) is 20.6 Å². The van der Waals surface area contributed by atoms with E-state index in [1.807, 2.05) is 0 Å². The molecule has 0 unspecified atom stereocenters. The first-order chi connectivity index (χ1) is 22.4. The summed E-state index contributed by atoms with van der Waals surface area (Å²) in [5, 5.41) is 60.2. The Morgan fingerprint density at radius 1 is 0.438 bits per heavy atom. The molecule has 0 saturated carbocycles. The van der Waals surface area contributed by atoms with Crippen LogP contribution in [0.5, 0.6) is 0 Å². The molecule has 0 aliphatic carbocycles. The van der Waals surface area contributed by atoms with Gasteiger partial charge in [-0.15, -0.1) is 52.4 Å². The zero-order valence-corrected chi connectivity index (χ0v) is 35.8. The van der Waals surface area contributed by atoms with Crippen LogP contribution in [0.25, 0.3) is 21.3 Å². The maximum absolute atomic E-state index is 8.03. The van der Waals surface area contributed by atoms with E-state index in [1.54, 1.807) is 0 Å². The largest absolute Gasteiger partial charge is 2.00 e. The Balaban J connectivity index is -0.000000237. The van der Waals surface area contributed by atoms with Crippen LogP contribution in [-0.2, 0) is 36.2 Å². The predicted molar refractivity (Wildman–Crippen MR) is 197 cm³/mol. The number of hydrogen-bond donors (Lipinski definition) is 4. The maximum atomic E-state index is 8.03. The number of hydrogen-bond acceptors (Lipinski definition) is 8. The minimum absolute atomic E-state index is 0. The van der Waals surface area contributed by atoms with Gasteiger partial charge in [-0.1, -0.05) is 99.7 Å². The van der Waals surface area contributed by atoms with Crippen molar-refractivity contribution in [3.05, 3.63) is 21.3 Å². The van der Waals surface area contributed by atoms with E-state index >= 15 is 0 Å². The van der Waals surface area contributed by atoms with Crippen molar-refractivity contribution in [2.24, 2.45) is 44.3 Å². The standard InChI is InChI=1S/4C6H12N.2C4H8N2O2.2ClH.Pt.Rh/c4*1-6-2-4-7-5-3-6;2*1-3(5-7)4(2)6-8;;;;/h4*6H,2-5H2,1H3;2*7-8H,1-2H3;2*1H;;/q4*-1;;;;;2*+2/p-2/b;;;;2*5-3+,6-4+;;;;. The summed E-state index contributed by atoms with van der Waals surface area (Å²) in [5.41, 5.74) is 1.25. The Hall–Kier alpha value is -0.388. The summed E-state index contributed by atoms with van der Waals surface area (Å²) < 4.78 is 0. The van der Waals surface area contributed by atoms with Gasteiger partial charge in [-0.05, 0) is 51.4 Å². The number of rotatable bonds is 2. The van der Waals surface area contributed by atoms with E-state index in [-0.39, 0.29) is 36.2 Å². The Labute approximate surface area is 322 Å². The van der Waals surface area contributed by atoms with Crippen LogP contribution in [-0.4, -0.2) is 96.0 Å². The van der Waals surface area contributed by atoms with Gasteiger partial charge in [-0.3, -0.25) is 0 Å². The third-order valence-corrected chi connectivity index (χ3v) is 7.89. The van der Waals surface area contributed by atoms with Crippen LogP contribution in [0, 0.1) is 23.7 Å². The van der Waals surface area contributed by atoms with Crippen molar-refractivity contribution in [2.45, 2.75) is 107 Å². The Bertz CT molecular complexity index is 681. The second-order valence-corrected chi connectivity index (χ2v) is 14.7. The minimum Gasteiger partial charge on any atom is 2.00 e. The summed E-state index contributed by atoms with van der Waals surface area (Å²) in [6, 6.07) is 0. The topological polar surface area (TPSA) is 187 Å². The van der Waals surface area contributed by atoms with E-state index in [0.717, 1.165) is 76.0 Å². The van der Waals surface area contributed by atoms with Crippen molar-refractivity contribution in [2.75, 3.05) is 52.4 Å². The first kappa shape index (κ1) is 54.4. The van der Waals surface area contributed by atoms with Crippen molar-refractivity contribution in [3.8, 4) is 0 Å². The molecule has 16 heteroatoms. The molecule has 4 rings (SSSR count). The number of piperidine rings is 4. The third kappa shape index (κ3) is 40.0. The average molecular weight is 994 g/mol. The van der Waals surface area contributed by atoms with Gasteiger partial charge in [0.1, 0.15) is 22.8 Å². The van der Waals surface area contributed by atoms with Crippen molar-refractivity contribution >= 4 is 42.2 Å². The van der Waals surface area contributed by atoms with Crippen molar-refractivity contribution < 1.29 is 57.0 Å². The summed E-state index contributed by atoms with van der Waals surface area (Å²) in [5.74, 6) is 3.77. The van der Waals surface area contributed by atoms with Crippen molar-refractivity contribution in [1.29, 1.82) is 0 Å². The summed E-state index contributed by atoms with van der Waals surface area (Å²) in [7, 11) is 9.67. The molecule has 4 fully saturated rings. The molecule has 0 radical (unpaired) electrons. The van der Waals surface area contributed by atoms with Crippen LogP contribution in [0.4, 0.5) is 0 Å². The SMILES string of the molecule is CC(=N\O)/C(C)=N/O.CC(=N\O)/C(C)=N/O.CC1CC[N-]CC1.CC1CC[N-]CC1.CC1CC[N-]CC1.CC1CC[N-]CC1.[Cl][Rh][Cl].[Pt+2]. The van der Waals surface area contributed by atoms with Crippen LogP contribution in [0.2, 0.25) is 0 Å². The second-order valence-electron chi connectivity index (χ2n) is 12.2. The predicted octanol–water partition coefficient (Wildman–Crippen LogP) is 9.91. The van der Waals surface area contributed by atoms with Gasteiger partial charge in [0.15, 0.2) is 0 Å². The van der Waals surface area contributed by atoms with Gasteiger partial charge in [-0.25, -0.2) is 0 Å². The first-order valence-electron chi connectivity index (χ1n) is 16.6. The van der Waals surface area contributed by atoms with Gasteiger partial charge in [0.05, 0.1) is 0 Å². The molecule has 4 saturated heterocycles. The summed E-state index contributed by atoms with van der Waals surface area (Å²) >= 11 is -0.226. The van der Waals surface area contributed by atoms with Gasteiger partial charge in [0, 0.05) is 0 Å². The molecule has 0 spiro atoms.